The van der Waals surface area contributed by atoms with E-state index in [9.17, 15) is 18.0 Å². The molecule has 0 aliphatic rings. The average Bonchev–Trinajstić information content (AvgIpc) is 2.62. The number of para-hydroxylation sites is 1. The molecule has 0 aliphatic heterocycles. The van der Waals surface area contributed by atoms with Crippen molar-refractivity contribution in [2.24, 2.45) is 0 Å². The smallest absolute Gasteiger partial charge is 0.340 e. The first-order chi connectivity index (χ1) is 12.8. The summed E-state index contributed by atoms with van der Waals surface area (Å²) in [5, 5.41) is 2.61. The van der Waals surface area contributed by atoms with Crippen LogP contribution in [-0.2, 0) is 19.6 Å². The third-order valence-corrected chi connectivity index (χ3v) is 5.15. The van der Waals surface area contributed by atoms with Crippen molar-refractivity contribution >= 4 is 27.6 Å². The predicted octanol–water partition coefficient (Wildman–Crippen LogP) is 2.48. The van der Waals surface area contributed by atoms with Crippen LogP contribution in [0.2, 0.25) is 0 Å². The molecule has 2 rings (SSSR count). The number of ether oxygens (including phenoxy) is 1. The highest BCUT2D eigenvalue weighted by Crippen LogP contribution is 2.16. The van der Waals surface area contributed by atoms with Crippen molar-refractivity contribution in [3.05, 3.63) is 59.7 Å². The van der Waals surface area contributed by atoms with Gasteiger partial charge in [-0.15, -0.1) is 0 Å². The fraction of sp³-hybridized carbons (Fsp3) is 0.263. The Kier molecular flexibility index (Phi) is 7.09. The van der Waals surface area contributed by atoms with Crippen LogP contribution >= 0.6 is 0 Å². The summed E-state index contributed by atoms with van der Waals surface area (Å²) in [6.45, 7) is 3.72. The van der Waals surface area contributed by atoms with Crippen LogP contribution in [0.4, 0.5) is 5.69 Å². The summed E-state index contributed by atoms with van der Waals surface area (Å²) in [5.74, 6) is -0.952. The summed E-state index contributed by atoms with van der Waals surface area (Å²) >= 11 is 0. The van der Waals surface area contributed by atoms with E-state index in [0.29, 0.717) is 5.69 Å². The quantitative estimate of drug-likeness (QED) is 0.674. The molecule has 0 aromatic heterocycles. The molecule has 0 unspecified atom stereocenters. The normalized spacial score (nSPS) is 11.0. The number of hydrogen-bond donors (Lipinski definition) is 2. The second-order valence-electron chi connectivity index (χ2n) is 5.78. The molecule has 1 amide bonds. The third-order valence-electron chi connectivity index (χ3n) is 3.67. The molecule has 7 nitrogen and oxygen atoms in total. The van der Waals surface area contributed by atoms with Crippen LogP contribution in [-0.4, -0.2) is 33.4 Å². The first kappa shape index (κ1) is 20.6. The zero-order valence-electron chi connectivity index (χ0n) is 15.2. The van der Waals surface area contributed by atoms with Crippen LogP contribution in [0.25, 0.3) is 0 Å². The molecule has 0 bridgehead atoms. The lowest BCUT2D eigenvalue weighted by atomic mass is 10.1. The van der Waals surface area contributed by atoms with E-state index >= 15 is 0 Å². The van der Waals surface area contributed by atoms with Gasteiger partial charge in [0, 0.05) is 13.0 Å². The lowest BCUT2D eigenvalue weighted by Gasteiger charge is -2.11. The summed E-state index contributed by atoms with van der Waals surface area (Å²) < 4.78 is 31.7. The van der Waals surface area contributed by atoms with Crippen LogP contribution in [0.5, 0.6) is 0 Å². The highest BCUT2D eigenvalue weighted by molar-refractivity contribution is 7.89. The van der Waals surface area contributed by atoms with Crippen LogP contribution in [0.1, 0.15) is 29.3 Å². The van der Waals surface area contributed by atoms with Crippen molar-refractivity contribution in [1.82, 2.24) is 4.72 Å². The maximum atomic E-state index is 12.2. The fourth-order valence-electron chi connectivity index (χ4n) is 2.29. The number of anilines is 1. The first-order valence-electron chi connectivity index (χ1n) is 8.46. The van der Waals surface area contributed by atoms with Gasteiger partial charge in [-0.1, -0.05) is 29.8 Å². The molecule has 0 heterocycles. The van der Waals surface area contributed by atoms with Crippen molar-refractivity contribution in [2.75, 3.05) is 18.5 Å². The van der Waals surface area contributed by atoms with Gasteiger partial charge >= 0.3 is 5.97 Å². The number of esters is 1. The summed E-state index contributed by atoms with van der Waals surface area (Å²) in [4.78, 5) is 24.2. The van der Waals surface area contributed by atoms with Crippen molar-refractivity contribution in [1.29, 1.82) is 0 Å². The summed E-state index contributed by atoms with van der Waals surface area (Å²) in [6, 6.07) is 12.9. The maximum absolute atomic E-state index is 12.2. The van der Waals surface area contributed by atoms with E-state index in [1.54, 1.807) is 43.3 Å². The summed E-state index contributed by atoms with van der Waals surface area (Å²) in [5.41, 5.74) is 1.52. The van der Waals surface area contributed by atoms with Crippen LogP contribution in [0.15, 0.2) is 53.4 Å². The van der Waals surface area contributed by atoms with E-state index in [-0.39, 0.29) is 30.0 Å². The standard InChI is InChI=1S/C19H22N2O5S/c1-3-26-19(23)16-6-4-5-7-17(16)21-18(22)12-13-20-27(24,25)15-10-8-14(2)9-11-15/h4-11,20H,3,12-13H2,1-2H3,(H,21,22). The predicted molar refractivity (Wildman–Crippen MR) is 102 cm³/mol. The van der Waals surface area contributed by atoms with Crippen molar-refractivity contribution in [3.8, 4) is 0 Å². The molecule has 0 radical (unpaired) electrons. The Morgan fingerprint density at radius 1 is 1.04 bits per heavy atom. The lowest BCUT2D eigenvalue weighted by molar-refractivity contribution is -0.116. The molecule has 0 saturated heterocycles. The maximum Gasteiger partial charge on any atom is 0.340 e. The average molecular weight is 390 g/mol. The van der Waals surface area contributed by atoms with Crippen LogP contribution in [0, 0.1) is 6.92 Å². The molecular formula is C19H22N2O5S. The molecule has 0 saturated carbocycles. The molecule has 0 aliphatic carbocycles. The molecule has 8 heteroatoms. The van der Waals surface area contributed by atoms with E-state index in [0.717, 1.165) is 5.56 Å². The number of nitrogens with one attached hydrogen (secondary N) is 2. The van der Waals surface area contributed by atoms with Gasteiger partial charge in [0.15, 0.2) is 0 Å². The van der Waals surface area contributed by atoms with Gasteiger partial charge in [-0.3, -0.25) is 4.79 Å². The van der Waals surface area contributed by atoms with Crippen molar-refractivity contribution < 1.29 is 22.7 Å². The molecule has 27 heavy (non-hydrogen) atoms. The molecule has 0 spiro atoms. The zero-order chi connectivity index (χ0) is 19.9. The minimum Gasteiger partial charge on any atom is -0.462 e. The molecular weight excluding hydrogens is 368 g/mol. The second-order valence-corrected chi connectivity index (χ2v) is 7.54. The van der Waals surface area contributed by atoms with Gasteiger partial charge in [-0.2, -0.15) is 0 Å². The fourth-order valence-corrected chi connectivity index (χ4v) is 3.32. The third kappa shape index (κ3) is 5.90. The topological polar surface area (TPSA) is 102 Å². The number of hydrogen-bond acceptors (Lipinski definition) is 5. The number of carbonyl (C=O) groups excluding carboxylic acids is 2. The van der Waals surface area contributed by atoms with Gasteiger partial charge in [0.25, 0.3) is 0 Å². The Balaban J connectivity index is 1.93. The number of amides is 1. The molecule has 0 fully saturated rings. The monoisotopic (exact) mass is 390 g/mol. The van der Waals surface area contributed by atoms with Crippen LogP contribution < -0.4 is 10.0 Å². The Morgan fingerprint density at radius 2 is 1.70 bits per heavy atom. The van der Waals surface area contributed by atoms with E-state index in [4.69, 9.17) is 4.74 Å². The number of carbonyl (C=O) groups is 2. The molecule has 0 atom stereocenters. The van der Waals surface area contributed by atoms with E-state index in [2.05, 4.69) is 10.0 Å². The molecule has 144 valence electrons. The van der Waals surface area contributed by atoms with Gasteiger partial charge in [0.2, 0.25) is 15.9 Å². The highest BCUT2D eigenvalue weighted by Gasteiger charge is 2.16. The molecule has 2 aromatic rings. The van der Waals surface area contributed by atoms with Gasteiger partial charge in [-0.05, 0) is 38.1 Å². The minimum absolute atomic E-state index is 0.0659. The Hall–Kier alpha value is -2.71. The van der Waals surface area contributed by atoms with Gasteiger partial charge in [-0.25, -0.2) is 17.9 Å². The lowest BCUT2D eigenvalue weighted by Crippen LogP contribution is -2.28. The number of benzene rings is 2. The zero-order valence-corrected chi connectivity index (χ0v) is 16.0. The van der Waals surface area contributed by atoms with Gasteiger partial charge < -0.3 is 10.1 Å². The van der Waals surface area contributed by atoms with E-state index < -0.39 is 21.9 Å². The SMILES string of the molecule is CCOC(=O)c1ccccc1NC(=O)CCNS(=O)(=O)c1ccc(C)cc1. The van der Waals surface area contributed by atoms with E-state index in [1.165, 1.54) is 12.1 Å². The molecule has 2 aromatic carbocycles. The van der Waals surface area contributed by atoms with Crippen molar-refractivity contribution in [3.63, 3.8) is 0 Å². The number of sulfonamides is 1. The Labute approximate surface area is 158 Å². The number of aryl methyl sites for hydroxylation is 1. The van der Waals surface area contributed by atoms with E-state index in [1.807, 2.05) is 6.92 Å². The van der Waals surface area contributed by atoms with Crippen LogP contribution in [0.3, 0.4) is 0 Å². The second kappa shape index (κ2) is 9.29. The largest absolute Gasteiger partial charge is 0.462 e. The minimum atomic E-state index is -3.68. The van der Waals surface area contributed by atoms with Gasteiger partial charge in [0.05, 0.1) is 22.8 Å². The summed E-state index contributed by atoms with van der Waals surface area (Å²) in [6.07, 6.45) is -0.0811. The Morgan fingerprint density at radius 3 is 2.37 bits per heavy atom. The first-order valence-corrected chi connectivity index (χ1v) is 9.94. The summed E-state index contributed by atoms with van der Waals surface area (Å²) in [7, 11) is -3.68. The number of rotatable bonds is 8. The van der Waals surface area contributed by atoms with Crippen molar-refractivity contribution in [2.45, 2.75) is 25.2 Å². The highest BCUT2D eigenvalue weighted by atomic mass is 32.2. The van der Waals surface area contributed by atoms with Gasteiger partial charge in [0.1, 0.15) is 0 Å². The molecule has 2 N–H and O–H groups in total. The Bertz CT molecular complexity index is 908.